The highest BCUT2D eigenvalue weighted by molar-refractivity contribution is 7.91. The van der Waals surface area contributed by atoms with Crippen LogP contribution < -0.4 is 10.7 Å². The number of nitrogens with one attached hydrogen (secondary N) is 2. The van der Waals surface area contributed by atoms with Gasteiger partial charge in [-0.3, -0.25) is 10.1 Å². The van der Waals surface area contributed by atoms with Crippen molar-refractivity contribution >= 4 is 33.4 Å². The van der Waals surface area contributed by atoms with Gasteiger partial charge in [0.15, 0.2) is 14.9 Å². The van der Waals surface area contributed by atoms with Crippen molar-refractivity contribution in [3.05, 3.63) is 17.0 Å². The lowest BCUT2D eigenvalue weighted by molar-refractivity contribution is 0.486. The molecule has 0 aliphatic carbocycles. The minimum Gasteiger partial charge on any atom is -0.361 e. The van der Waals surface area contributed by atoms with Crippen LogP contribution in [0.15, 0.2) is 5.10 Å². The van der Waals surface area contributed by atoms with E-state index in [-0.39, 0.29) is 17.5 Å². The molecule has 0 radical (unpaired) electrons. The van der Waals surface area contributed by atoms with Crippen molar-refractivity contribution in [2.24, 2.45) is 11.0 Å². The first kappa shape index (κ1) is 19.8. The summed E-state index contributed by atoms with van der Waals surface area (Å²) in [6.45, 7) is 8.97. The van der Waals surface area contributed by atoms with Crippen molar-refractivity contribution in [2.45, 2.75) is 46.6 Å². The topological polar surface area (TPSA) is 88.4 Å². The average Bonchev–Trinajstić information content (AvgIpc) is 3.00. The Morgan fingerprint density at radius 3 is 2.80 bits per heavy atom. The molecule has 1 aliphatic rings. The molecule has 1 fully saturated rings. The SMILES string of the molecule is Cc1nn([C@@H]2CCS(=O)(=O)C2)c(C)c1/C=N\NC(=S)NCCC(C)C. The summed E-state index contributed by atoms with van der Waals surface area (Å²) < 4.78 is 25.2. The Morgan fingerprint density at radius 2 is 2.20 bits per heavy atom. The fourth-order valence-corrected chi connectivity index (χ4v) is 4.70. The summed E-state index contributed by atoms with van der Waals surface area (Å²) in [6, 6.07) is -0.0856. The molecule has 1 aliphatic heterocycles. The van der Waals surface area contributed by atoms with Crippen LogP contribution >= 0.6 is 12.2 Å². The Bertz CT molecular complexity index is 753. The number of hydrazone groups is 1. The van der Waals surface area contributed by atoms with E-state index in [1.807, 2.05) is 18.5 Å². The number of hydrogen-bond donors (Lipinski definition) is 2. The second-order valence-corrected chi connectivity index (χ2v) is 9.53. The van der Waals surface area contributed by atoms with Crippen LogP contribution in [0.4, 0.5) is 0 Å². The molecule has 0 bridgehead atoms. The number of thiocarbonyl (C=S) groups is 1. The molecule has 0 aromatic carbocycles. The predicted molar refractivity (Wildman–Crippen MR) is 105 cm³/mol. The van der Waals surface area contributed by atoms with Gasteiger partial charge < -0.3 is 5.32 Å². The molecule has 0 spiro atoms. The first-order valence-electron chi connectivity index (χ1n) is 8.52. The zero-order valence-electron chi connectivity index (χ0n) is 15.2. The summed E-state index contributed by atoms with van der Waals surface area (Å²) in [4.78, 5) is 0. The highest BCUT2D eigenvalue weighted by atomic mass is 32.2. The molecule has 25 heavy (non-hydrogen) atoms. The summed E-state index contributed by atoms with van der Waals surface area (Å²) in [6.07, 6.45) is 3.35. The van der Waals surface area contributed by atoms with Crippen molar-refractivity contribution in [2.75, 3.05) is 18.1 Å². The Kier molecular flexibility index (Phi) is 6.56. The smallest absolute Gasteiger partial charge is 0.186 e. The number of nitrogens with zero attached hydrogens (tertiary/aromatic N) is 3. The number of sulfone groups is 1. The molecular weight excluding hydrogens is 358 g/mol. The van der Waals surface area contributed by atoms with Gasteiger partial charge in [-0.05, 0) is 44.8 Å². The Hall–Kier alpha value is -1.48. The Morgan fingerprint density at radius 1 is 1.48 bits per heavy atom. The summed E-state index contributed by atoms with van der Waals surface area (Å²) >= 11 is 5.18. The maximum Gasteiger partial charge on any atom is 0.186 e. The van der Waals surface area contributed by atoms with Crippen molar-refractivity contribution in [3.8, 4) is 0 Å². The largest absolute Gasteiger partial charge is 0.361 e. The molecule has 1 atom stereocenters. The normalized spacial score (nSPS) is 19.6. The van der Waals surface area contributed by atoms with Gasteiger partial charge >= 0.3 is 0 Å². The van der Waals surface area contributed by atoms with Gasteiger partial charge in [-0.2, -0.15) is 10.2 Å². The predicted octanol–water partition coefficient (Wildman–Crippen LogP) is 1.70. The van der Waals surface area contributed by atoms with E-state index in [1.54, 1.807) is 6.21 Å². The molecule has 0 saturated carbocycles. The Labute approximate surface area is 155 Å². The van der Waals surface area contributed by atoms with E-state index in [4.69, 9.17) is 12.2 Å². The molecule has 140 valence electrons. The van der Waals surface area contributed by atoms with Gasteiger partial charge in [0.05, 0.1) is 29.5 Å². The molecule has 2 rings (SSSR count). The van der Waals surface area contributed by atoms with Gasteiger partial charge in [-0.25, -0.2) is 8.42 Å². The number of aryl methyl sites for hydroxylation is 1. The maximum atomic E-state index is 11.7. The van der Waals surface area contributed by atoms with E-state index in [2.05, 4.69) is 34.8 Å². The molecule has 2 heterocycles. The van der Waals surface area contributed by atoms with Crippen LogP contribution in [0.1, 0.15) is 49.7 Å². The van der Waals surface area contributed by atoms with Crippen molar-refractivity contribution in [1.29, 1.82) is 0 Å². The molecule has 9 heteroatoms. The number of aromatic nitrogens is 2. The van der Waals surface area contributed by atoms with Crippen LogP contribution in [0.5, 0.6) is 0 Å². The summed E-state index contributed by atoms with van der Waals surface area (Å²) in [7, 11) is -2.94. The van der Waals surface area contributed by atoms with Gasteiger partial charge in [0.1, 0.15) is 0 Å². The van der Waals surface area contributed by atoms with E-state index >= 15 is 0 Å². The van der Waals surface area contributed by atoms with E-state index < -0.39 is 9.84 Å². The quantitative estimate of drug-likeness (QED) is 0.440. The lowest BCUT2D eigenvalue weighted by Crippen LogP contribution is -2.33. The molecular formula is C16H27N5O2S2. The maximum absolute atomic E-state index is 11.7. The second kappa shape index (κ2) is 8.27. The minimum atomic E-state index is -2.94. The number of rotatable bonds is 6. The summed E-state index contributed by atoms with van der Waals surface area (Å²) in [5.41, 5.74) is 5.44. The summed E-state index contributed by atoms with van der Waals surface area (Å²) in [5.74, 6) is 1.01. The lowest BCUT2D eigenvalue weighted by Gasteiger charge is -2.11. The third-order valence-corrected chi connectivity index (χ3v) is 6.29. The zero-order valence-corrected chi connectivity index (χ0v) is 16.9. The van der Waals surface area contributed by atoms with Crippen LogP contribution in [0.25, 0.3) is 0 Å². The fraction of sp³-hybridized carbons (Fsp3) is 0.688. The second-order valence-electron chi connectivity index (χ2n) is 6.89. The van der Waals surface area contributed by atoms with E-state index in [0.29, 0.717) is 17.5 Å². The molecule has 1 aromatic heterocycles. The molecule has 0 unspecified atom stereocenters. The average molecular weight is 386 g/mol. The third-order valence-electron chi connectivity index (χ3n) is 4.30. The lowest BCUT2D eigenvalue weighted by atomic mass is 10.1. The van der Waals surface area contributed by atoms with Crippen LogP contribution in [0.3, 0.4) is 0 Å². The van der Waals surface area contributed by atoms with Crippen LogP contribution in [0.2, 0.25) is 0 Å². The minimum absolute atomic E-state index is 0.0856. The monoisotopic (exact) mass is 385 g/mol. The molecule has 2 N–H and O–H groups in total. The summed E-state index contributed by atoms with van der Waals surface area (Å²) in [5, 5.41) is 12.3. The van der Waals surface area contributed by atoms with Crippen molar-refractivity contribution < 1.29 is 8.42 Å². The van der Waals surface area contributed by atoms with Gasteiger partial charge in [0.25, 0.3) is 0 Å². The first-order chi connectivity index (χ1) is 11.7. The molecule has 0 amide bonds. The van der Waals surface area contributed by atoms with E-state index in [0.717, 1.165) is 29.9 Å². The van der Waals surface area contributed by atoms with E-state index in [1.165, 1.54) is 0 Å². The van der Waals surface area contributed by atoms with E-state index in [9.17, 15) is 8.42 Å². The first-order valence-corrected chi connectivity index (χ1v) is 10.8. The Balaban J connectivity index is 1.97. The highest BCUT2D eigenvalue weighted by Gasteiger charge is 2.31. The van der Waals surface area contributed by atoms with Crippen LogP contribution in [-0.2, 0) is 9.84 Å². The van der Waals surface area contributed by atoms with Gasteiger partial charge in [-0.15, -0.1) is 0 Å². The molecule has 7 nitrogen and oxygen atoms in total. The van der Waals surface area contributed by atoms with Crippen LogP contribution in [0, 0.1) is 19.8 Å². The van der Waals surface area contributed by atoms with Crippen molar-refractivity contribution in [3.63, 3.8) is 0 Å². The van der Waals surface area contributed by atoms with Crippen molar-refractivity contribution in [1.82, 2.24) is 20.5 Å². The van der Waals surface area contributed by atoms with Gasteiger partial charge in [0.2, 0.25) is 0 Å². The van der Waals surface area contributed by atoms with Crippen LogP contribution in [-0.4, -0.2) is 47.6 Å². The number of hydrogen-bond acceptors (Lipinski definition) is 5. The van der Waals surface area contributed by atoms with Gasteiger partial charge in [-0.1, -0.05) is 13.8 Å². The fourth-order valence-electron chi connectivity index (χ4n) is 2.86. The highest BCUT2D eigenvalue weighted by Crippen LogP contribution is 2.26. The third kappa shape index (κ3) is 5.50. The van der Waals surface area contributed by atoms with Gasteiger partial charge in [0, 0.05) is 17.8 Å². The zero-order chi connectivity index (χ0) is 18.6. The molecule has 1 saturated heterocycles. The molecule has 1 aromatic rings. The standard InChI is InChI=1S/C16H27N5O2S2/c1-11(2)5-7-17-16(24)19-18-9-15-12(3)20-21(13(15)4)14-6-8-25(22,23)10-14/h9,11,14H,5-8,10H2,1-4H3,(H2,17,19,24)/b18-9-/t14-/m1/s1.